The Labute approximate surface area is 121 Å². The van der Waals surface area contributed by atoms with Gasteiger partial charge in [-0.05, 0) is 41.5 Å². The molecule has 1 N–H and O–H groups in total. The molecule has 0 atom stereocenters. The summed E-state index contributed by atoms with van der Waals surface area (Å²) < 4.78 is 23.1. The van der Waals surface area contributed by atoms with E-state index >= 15 is 0 Å². The van der Waals surface area contributed by atoms with Crippen LogP contribution in [0.25, 0.3) is 11.1 Å². The van der Waals surface area contributed by atoms with Crippen LogP contribution in [0.5, 0.6) is 0 Å². The van der Waals surface area contributed by atoms with E-state index in [1.54, 1.807) is 18.2 Å². The van der Waals surface area contributed by atoms with Crippen molar-refractivity contribution in [2.45, 2.75) is 4.90 Å². The highest BCUT2D eigenvalue weighted by Crippen LogP contribution is 2.26. The third-order valence-electron chi connectivity index (χ3n) is 2.74. The first kappa shape index (κ1) is 14.6. The molecule has 0 amide bonds. The molecule has 104 valence electrons. The van der Waals surface area contributed by atoms with Gasteiger partial charge in [-0.15, -0.1) is 0 Å². The molecule has 4 nitrogen and oxygen atoms in total. The predicted octanol–water partition coefficient (Wildman–Crippen LogP) is 3.11. The van der Waals surface area contributed by atoms with Crippen LogP contribution < -0.4 is 0 Å². The Morgan fingerprint density at radius 3 is 2.40 bits per heavy atom. The quantitative estimate of drug-likeness (QED) is 0.945. The maximum atomic E-state index is 11.5. The molecule has 0 saturated carbocycles. The smallest absolute Gasteiger partial charge is 0.335 e. The second-order valence-electron chi connectivity index (χ2n) is 4.33. The van der Waals surface area contributed by atoms with Gasteiger partial charge in [0.15, 0.2) is 9.84 Å². The number of aromatic carboxylic acids is 1. The van der Waals surface area contributed by atoms with Gasteiger partial charge in [-0.1, -0.05) is 23.7 Å². The van der Waals surface area contributed by atoms with Crippen LogP contribution in [0.15, 0.2) is 47.4 Å². The first-order valence-corrected chi connectivity index (χ1v) is 7.89. The normalized spacial score (nSPS) is 11.3. The lowest BCUT2D eigenvalue weighted by Crippen LogP contribution is -1.98. The van der Waals surface area contributed by atoms with E-state index in [1.807, 2.05) is 0 Å². The summed E-state index contributed by atoms with van der Waals surface area (Å²) in [6, 6.07) is 10.7. The molecule has 0 bridgehead atoms. The van der Waals surface area contributed by atoms with E-state index in [4.69, 9.17) is 16.7 Å². The van der Waals surface area contributed by atoms with Gasteiger partial charge < -0.3 is 5.11 Å². The molecule has 2 rings (SSSR count). The van der Waals surface area contributed by atoms with Crippen molar-refractivity contribution in [1.29, 1.82) is 0 Å². The van der Waals surface area contributed by atoms with Crippen molar-refractivity contribution in [1.82, 2.24) is 0 Å². The molecule has 0 saturated heterocycles. The molecule has 0 unspecified atom stereocenters. The summed E-state index contributed by atoms with van der Waals surface area (Å²) in [5, 5.41) is 9.29. The van der Waals surface area contributed by atoms with Crippen molar-refractivity contribution in [2.75, 3.05) is 6.26 Å². The summed E-state index contributed by atoms with van der Waals surface area (Å²) in [5.41, 5.74) is 1.20. The average Bonchev–Trinajstić information content (AvgIpc) is 2.37. The fourth-order valence-corrected chi connectivity index (χ4v) is 2.69. The molecular formula is C14H11ClO4S. The zero-order valence-electron chi connectivity index (χ0n) is 10.5. The maximum absolute atomic E-state index is 11.5. The Hall–Kier alpha value is -1.85. The van der Waals surface area contributed by atoms with Crippen molar-refractivity contribution >= 4 is 27.4 Å². The summed E-state index contributed by atoms with van der Waals surface area (Å²) in [5.74, 6) is -1.09. The molecular weight excluding hydrogens is 300 g/mol. The Morgan fingerprint density at radius 1 is 1.10 bits per heavy atom. The standard InChI is InChI=1S/C14H11ClO4S/c1-20(18,19)13-4-2-3-9(8-13)10-5-11(14(16)17)7-12(15)6-10/h2-8H,1H3,(H,16,17). The van der Waals surface area contributed by atoms with Crippen LogP contribution in [0.4, 0.5) is 0 Å². The molecule has 0 heterocycles. The minimum atomic E-state index is -3.32. The molecule has 0 aliphatic carbocycles. The highest BCUT2D eigenvalue weighted by atomic mass is 35.5. The number of hydrogen-bond acceptors (Lipinski definition) is 3. The van der Waals surface area contributed by atoms with Crippen LogP contribution in [0.2, 0.25) is 5.02 Å². The maximum Gasteiger partial charge on any atom is 0.335 e. The van der Waals surface area contributed by atoms with Gasteiger partial charge in [0.25, 0.3) is 0 Å². The van der Waals surface area contributed by atoms with E-state index in [2.05, 4.69) is 0 Å². The number of carboxylic acids is 1. The van der Waals surface area contributed by atoms with Crippen LogP contribution in [0.1, 0.15) is 10.4 Å². The molecule has 0 fully saturated rings. The van der Waals surface area contributed by atoms with Gasteiger partial charge in [0, 0.05) is 11.3 Å². The van der Waals surface area contributed by atoms with E-state index in [-0.39, 0.29) is 15.5 Å². The van der Waals surface area contributed by atoms with Crippen molar-refractivity contribution in [2.24, 2.45) is 0 Å². The van der Waals surface area contributed by atoms with Crippen LogP contribution in [-0.2, 0) is 9.84 Å². The van der Waals surface area contributed by atoms with Gasteiger partial charge in [-0.3, -0.25) is 0 Å². The van der Waals surface area contributed by atoms with Crippen LogP contribution >= 0.6 is 11.6 Å². The number of benzene rings is 2. The summed E-state index contributed by atoms with van der Waals surface area (Å²) in [7, 11) is -3.32. The summed E-state index contributed by atoms with van der Waals surface area (Å²) in [4.78, 5) is 11.2. The van der Waals surface area contributed by atoms with Gasteiger partial charge >= 0.3 is 5.97 Å². The Bertz CT molecular complexity index is 782. The van der Waals surface area contributed by atoms with E-state index < -0.39 is 15.8 Å². The molecule has 0 aliphatic rings. The minimum absolute atomic E-state index is 0.0530. The first-order valence-electron chi connectivity index (χ1n) is 5.62. The third kappa shape index (κ3) is 3.18. The summed E-state index contributed by atoms with van der Waals surface area (Å²) >= 11 is 5.89. The van der Waals surface area contributed by atoms with Crippen LogP contribution in [0.3, 0.4) is 0 Å². The van der Waals surface area contributed by atoms with E-state index in [0.29, 0.717) is 11.1 Å². The third-order valence-corrected chi connectivity index (χ3v) is 4.07. The molecule has 0 aromatic heterocycles. The lowest BCUT2D eigenvalue weighted by Gasteiger charge is -2.06. The molecule has 2 aromatic rings. The van der Waals surface area contributed by atoms with Crippen molar-refractivity contribution in [3.8, 4) is 11.1 Å². The molecule has 20 heavy (non-hydrogen) atoms. The highest BCUT2D eigenvalue weighted by Gasteiger charge is 2.11. The summed E-state index contributed by atoms with van der Waals surface area (Å²) in [6.45, 7) is 0. The molecule has 6 heteroatoms. The van der Waals surface area contributed by atoms with E-state index in [9.17, 15) is 13.2 Å². The monoisotopic (exact) mass is 310 g/mol. The zero-order chi connectivity index (χ0) is 14.9. The number of carbonyl (C=O) groups is 1. The van der Waals surface area contributed by atoms with Gasteiger partial charge in [0.1, 0.15) is 0 Å². The minimum Gasteiger partial charge on any atom is -0.478 e. The molecule has 2 aromatic carbocycles. The van der Waals surface area contributed by atoms with Gasteiger partial charge in [0.05, 0.1) is 10.5 Å². The lowest BCUT2D eigenvalue weighted by atomic mass is 10.0. The van der Waals surface area contributed by atoms with Crippen molar-refractivity contribution in [3.63, 3.8) is 0 Å². The molecule has 0 spiro atoms. The largest absolute Gasteiger partial charge is 0.478 e. The van der Waals surface area contributed by atoms with E-state index in [0.717, 1.165) is 6.26 Å². The second-order valence-corrected chi connectivity index (χ2v) is 6.79. The van der Waals surface area contributed by atoms with E-state index in [1.165, 1.54) is 24.3 Å². The molecule has 0 radical (unpaired) electrons. The zero-order valence-corrected chi connectivity index (χ0v) is 12.1. The van der Waals surface area contributed by atoms with Crippen LogP contribution in [-0.4, -0.2) is 25.7 Å². The second kappa shape index (κ2) is 5.26. The average molecular weight is 311 g/mol. The Balaban J connectivity index is 2.60. The Kier molecular flexibility index (Phi) is 3.83. The number of rotatable bonds is 3. The predicted molar refractivity (Wildman–Crippen MR) is 77.0 cm³/mol. The lowest BCUT2D eigenvalue weighted by molar-refractivity contribution is 0.0697. The number of sulfone groups is 1. The van der Waals surface area contributed by atoms with Gasteiger partial charge in [0.2, 0.25) is 0 Å². The number of halogens is 1. The summed E-state index contributed by atoms with van der Waals surface area (Å²) in [6.07, 6.45) is 1.12. The Morgan fingerprint density at radius 2 is 1.80 bits per heavy atom. The van der Waals surface area contributed by atoms with Gasteiger partial charge in [-0.25, -0.2) is 13.2 Å². The SMILES string of the molecule is CS(=O)(=O)c1cccc(-c2cc(Cl)cc(C(=O)O)c2)c1. The first-order chi connectivity index (χ1) is 9.27. The highest BCUT2D eigenvalue weighted by molar-refractivity contribution is 7.90. The number of hydrogen-bond donors (Lipinski definition) is 1. The van der Waals surface area contributed by atoms with Crippen LogP contribution in [0, 0.1) is 0 Å². The van der Waals surface area contributed by atoms with Crippen molar-refractivity contribution in [3.05, 3.63) is 53.1 Å². The molecule has 0 aliphatic heterocycles. The fourth-order valence-electron chi connectivity index (χ4n) is 1.79. The number of carboxylic acid groups (broad SMARTS) is 1. The topological polar surface area (TPSA) is 71.4 Å². The van der Waals surface area contributed by atoms with Crippen molar-refractivity contribution < 1.29 is 18.3 Å². The van der Waals surface area contributed by atoms with Gasteiger partial charge in [-0.2, -0.15) is 0 Å². The fraction of sp³-hybridized carbons (Fsp3) is 0.0714.